The molecular weight excluding hydrogens is 368 g/mol. The third kappa shape index (κ3) is 2.96. The fourth-order valence-corrected chi connectivity index (χ4v) is 4.97. The lowest BCUT2D eigenvalue weighted by Crippen LogP contribution is -2.31. The first kappa shape index (κ1) is 17.9. The molecule has 0 bridgehead atoms. The predicted molar refractivity (Wildman–Crippen MR) is 114 cm³/mol. The van der Waals surface area contributed by atoms with Gasteiger partial charge in [-0.3, -0.25) is 4.79 Å². The number of rotatable bonds is 3. The molecule has 0 aromatic heterocycles. The van der Waals surface area contributed by atoms with Crippen LogP contribution in [0.1, 0.15) is 44.7 Å². The van der Waals surface area contributed by atoms with Crippen molar-refractivity contribution in [2.75, 3.05) is 16.6 Å². The number of amides is 1. The number of hydrogen-bond acceptors (Lipinski definition) is 4. The molecule has 0 radical (unpaired) electrons. The van der Waals surface area contributed by atoms with E-state index >= 15 is 0 Å². The zero-order valence-electron chi connectivity index (χ0n) is 16.6. The molecule has 0 saturated heterocycles. The molecule has 1 atom stereocenters. The Bertz CT molecular complexity index is 960. The summed E-state index contributed by atoms with van der Waals surface area (Å²) < 4.78 is 5.57. The van der Waals surface area contributed by atoms with E-state index in [0.29, 0.717) is 12.0 Å². The second kappa shape index (κ2) is 6.18. The van der Waals surface area contributed by atoms with Crippen LogP contribution < -0.4 is 15.4 Å². The first-order valence-electron chi connectivity index (χ1n) is 9.96. The highest BCUT2D eigenvalue weighted by atomic mass is 32.2. The monoisotopic (exact) mass is 394 g/mol. The highest BCUT2D eigenvalue weighted by Gasteiger charge is 2.51. The van der Waals surface area contributed by atoms with Crippen molar-refractivity contribution in [3.8, 4) is 5.75 Å². The number of nitrogens with one attached hydrogen (secondary N) is 2. The van der Waals surface area contributed by atoms with Crippen LogP contribution in [0.25, 0.3) is 0 Å². The molecule has 1 saturated carbocycles. The Labute approximate surface area is 170 Å². The quantitative estimate of drug-likeness (QED) is 0.753. The number of carbonyl (C=O) groups excluding carboxylic acids is 1. The molecular formula is C23H26N2O2S. The maximum atomic E-state index is 13.2. The minimum Gasteiger partial charge on any atom is -0.481 e. The van der Waals surface area contributed by atoms with Gasteiger partial charge in [-0.25, -0.2) is 0 Å². The molecule has 2 heterocycles. The van der Waals surface area contributed by atoms with Crippen molar-refractivity contribution in [2.24, 2.45) is 5.41 Å². The van der Waals surface area contributed by atoms with Crippen molar-refractivity contribution in [2.45, 2.75) is 56.4 Å². The van der Waals surface area contributed by atoms with Gasteiger partial charge in [0.1, 0.15) is 11.7 Å². The third-order valence-electron chi connectivity index (χ3n) is 6.27. The molecule has 28 heavy (non-hydrogen) atoms. The van der Waals surface area contributed by atoms with E-state index in [4.69, 9.17) is 4.74 Å². The normalized spacial score (nSPS) is 21.3. The molecule has 0 spiro atoms. The van der Waals surface area contributed by atoms with Gasteiger partial charge in [0.25, 0.3) is 0 Å². The van der Waals surface area contributed by atoms with Crippen molar-refractivity contribution in [3.63, 3.8) is 0 Å². The molecule has 3 aliphatic rings. The van der Waals surface area contributed by atoms with Crippen LogP contribution in [-0.2, 0) is 16.6 Å². The number of fused-ring (bicyclic) bond motifs is 2. The van der Waals surface area contributed by atoms with E-state index in [2.05, 4.69) is 55.7 Å². The second-order valence-corrected chi connectivity index (χ2v) is 10.2. The highest BCUT2D eigenvalue weighted by molar-refractivity contribution is 7.99. The molecule has 5 heteroatoms. The van der Waals surface area contributed by atoms with E-state index in [1.165, 1.54) is 11.3 Å². The lowest BCUT2D eigenvalue weighted by molar-refractivity contribution is -0.118. The van der Waals surface area contributed by atoms with Gasteiger partial charge in [-0.05, 0) is 66.1 Å². The van der Waals surface area contributed by atoms with E-state index in [1.807, 2.05) is 12.1 Å². The summed E-state index contributed by atoms with van der Waals surface area (Å²) in [5, 5.41) is 6.81. The average Bonchev–Trinajstić information content (AvgIpc) is 3.13. The lowest BCUT2D eigenvalue weighted by atomic mass is 9.85. The Morgan fingerprint density at radius 2 is 2.04 bits per heavy atom. The molecule has 2 aliphatic heterocycles. The van der Waals surface area contributed by atoms with Gasteiger partial charge in [0.05, 0.1) is 10.3 Å². The van der Waals surface area contributed by atoms with Gasteiger partial charge in [-0.15, -0.1) is 0 Å². The smallest absolute Gasteiger partial charge is 0.235 e. The van der Waals surface area contributed by atoms with E-state index in [0.717, 1.165) is 41.2 Å². The Morgan fingerprint density at radius 1 is 1.21 bits per heavy atom. The number of ether oxygens (including phenoxy) is 1. The van der Waals surface area contributed by atoms with Crippen molar-refractivity contribution in [3.05, 3.63) is 47.5 Å². The van der Waals surface area contributed by atoms with Gasteiger partial charge in [0.2, 0.25) is 5.91 Å². The van der Waals surface area contributed by atoms with Crippen molar-refractivity contribution in [1.29, 1.82) is 0 Å². The minimum absolute atomic E-state index is 0.106. The van der Waals surface area contributed by atoms with Gasteiger partial charge in [-0.1, -0.05) is 38.6 Å². The first-order chi connectivity index (χ1) is 13.3. The summed E-state index contributed by atoms with van der Waals surface area (Å²) in [5.74, 6) is 1.70. The molecule has 2 aromatic rings. The Kier molecular flexibility index (Phi) is 3.96. The average molecular weight is 395 g/mol. The van der Waals surface area contributed by atoms with E-state index in [-0.39, 0.29) is 16.7 Å². The molecule has 5 rings (SSSR count). The Balaban J connectivity index is 1.34. The summed E-state index contributed by atoms with van der Waals surface area (Å²) in [6.45, 7) is 6.78. The van der Waals surface area contributed by atoms with Crippen LogP contribution in [0, 0.1) is 5.41 Å². The van der Waals surface area contributed by atoms with Gasteiger partial charge in [-0.2, -0.15) is 0 Å². The molecule has 2 N–H and O–H groups in total. The third-order valence-corrected chi connectivity index (χ3v) is 7.14. The van der Waals surface area contributed by atoms with Crippen LogP contribution in [0.15, 0.2) is 41.3 Å². The summed E-state index contributed by atoms with van der Waals surface area (Å²) in [5.41, 5.74) is 4.30. The van der Waals surface area contributed by atoms with Gasteiger partial charge < -0.3 is 15.4 Å². The lowest BCUT2D eigenvalue weighted by Gasteiger charge is -2.27. The van der Waals surface area contributed by atoms with Crippen molar-refractivity contribution in [1.82, 2.24) is 0 Å². The number of benzene rings is 2. The zero-order valence-corrected chi connectivity index (χ0v) is 17.4. The topological polar surface area (TPSA) is 50.4 Å². The Hall–Kier alpha value is -2.14. The molecule has 1 fully saturated rings. The van der Waals surface area contributed by atoms with Crippen LogP contribution in [0.4, 0.5) is 11.4 Å². The second-order valence-electron chi connectivity index (χ2n) is 9.24. The summed E-state index contributed by atoms with van der Waals surface area (Å²) in [6, 6.07) is 12.9. The van der Waals surface area contributed by atoms with E-state index in [9.17, 15) is 4.79 Å². The maximum Gasteiger partial charge on any atom is 0.235 e. The maximum absolute atomic E-state index is 13.2. The van der Waals surface area contributed by atoms with Crippen LogP contribution in [0.5, 0.6) is 5.75 Å². The molecule has 146 valence electrons. The fraction of sp³-hybridized carbons (Fsp3) is 0.435. The Morgan fingerprint density at radius 3 is 2.79 bits per heavy atom. The summed E-state index contributed by atoms with van der Waals surface area (Å²) in [7, 11) is 0. The van der Waals surface area contributed by atoms with Gasteiger partial charge in [0.15, 0.2) is 0 Å². The molecule has 1 unspecified atom stereocenters. The van der Waals surface area contributed by atoms with Crippen molar-refractivity contribution < 1.29 is 9.53 Å². The SMILES string of the molecule is CC(C)(C)C1Cc2cc(NC(=O)C3(c4ccc5c(c4)SCO5)CC3)ccc2N1. The zero-order chi connectivity index (χ0) is 19.5. The molecule has 4 nitrogen and oxygen atoms in total. The summed E-state index contributed by atoms with van der Waals surface area (Å²) in [6.07, 6.45) is 2.80. The van der Waals surface area contributed by atoms with Crippen molar-refractivity contribution >= 4 is 29.0 Å². The van der Waals surface area contributed by atoms with E-state index in [1.54, 1.807) is 11.8 Å². The van der Waals surface area contributed by atoms with Gasteiger partial charge >= 0.3 is 0 Å². The molecule has 1 amide bonds. The molecule has 2 aromatic carbocycles. The van der Waals surface area contributed by atoms with Gasteiger partial charge in [0, 0.05) is 17.4 Å². The predicted octanol–water partition coefficient (Wildman–Crippen LogP) is 5.18. The van der Waals surface area contributed by atoms with Crippen LogP contribution in [0.2, 0.25) is 0 Å². The molecule has 1 aliphatic carbocycles. The standard InChI is InChI=1S/C23H26N2O2S/c1-22(2,3)20-11-14-10-16(5-6-17(14)25-20)24-21(26)23(8-9-23)15-4-7-18-19(12-15)28-13-27-18/h4-7,10,12,20,25H,8-9,11,13H2,1-3H3,(H,24,26). The fourth-order valence-electron chi connectivity index (χ4n) is 4.18. The number of thioether (sulfide) groups is 1. The highest BCUT2D eigenvalue weighted by Crippen LogP contribution is 2.51. The number of anilines is 2. The van der Waals surface area contributed by atoms with Crippen LogP contribution >= 0.6 is 11.8 Å². The first-order valence-corrected chi connectivity index (χ1v) is 10.9. The summed E-state index contributed by atoms with van der Waals surface area (Å²) >= 11 is 1.70. The largest absolute Gasteiger partial charge is 0.481 e. The minimum atomic E-state index is -0.386. The van der Waals surface area contributed by atoms with E-state index < -0.39 is 0 Å². The number of carbonyl (C=O) groups is 1. The summed E-state index contributed by atoms with van der Waals surface area (Å²) in [4.78, 5) is 14.3. The number of hydrogen-bond donors (Lipinski definition) is 2. The van der Waals surface area contributed by atoms with Crippen LogP contribution in [0.3, 0.4) is 0 Å². The van der Waals surface area contributed by atoms with Crippen LogP contribution in [-0.4, -0.2) is 17.9 Å².